The molecule has 2 heterocycles. The molecule has 0 aromatic carbocycles. The third-order valence-electron chi connectivity index (χ3n) is 2.95. The summed E-state index contributed by atoms with van der Waals surface area (Å²) in [6, 6.07) is 1.54. The van der Waals surface area contributed by atoms with Gasteiger partial charge in [0.15, 0.2) is 0 Å². The Morgan fingerprint density at radius 2 is 2.35 bits per heavy atom. The maximum absolute atomic E-state index is 11.9. The molecule has 0 aliphatic carbocycles. The topological polar surface area (TPSA) is 63.1 Å². The minimum Gasteiger partial charge on any atom is -0.320 e. The van der Waals surface area contributed by atoms with Crippen LogP contribution in [0.4, 0.5) is 5.69 Å². The van der Waals surface area contributed by atoms with Gasteiger partial charge in [-0.15, -0.1) is 0 Å². The molecule has 1 aromatic heterocycles. The molecule has 0 saturated carbocycles. The van der Waals surface area contributed by atoms with Gasteiger partial charge >= 0.3 is 0 Å². The molecular weight excluding hydrogens is 218 g/mol. The third-order valence-corrected chi connectivity index (χ3v) is 2.95. The van der Waals surface area contributed by atoms with Crippen molar-refractivity contribution >= 4 is 11.6 Å². The number of anilines is 1. The Morgan fingerprint density at radius 3 is 3.00 bits per heavy atom. The van der Waals surface area contributed by atoms with E-state index in [2.05, 4.69) is 10.6 Å². The fourth-order valence-corrected chi connectivity index (χ4v) is 2.10. The Balaban J connectivity index is 2.18. The van der Waals surface area contributed by atoms with Crippen LogP contribution in [0, 0.1) is 6.92 Å². The maximum atomic E-state index is 11.9. The number of hydrogen-bond donors (Lipinski definition) is 2. The molecule has 1 fully saturated rings. The van der Waals surface area contributed by atoms with Gasteiger partial charge in [-0.05, 0) is 37.9 Å². The van der Waals surface area contributed by atoms with Gasteiger partial charge in [0.2, 0.25) is 5.91 Å². The van der Waals surface area contributed by atoms with E-state index in [0.29, 0.717) is 5.69 Å². The Kier molecular flexibility index (Phi) is 3.28. The summed E-state index contributed by atoms with van der Waals surface area (Å²) in [5, 5.41) is 5.80. The number of nitrogens with zero attached hydrogens (tertiary/aromatic N) is 1. The Morgan fingerprint density at radius 1 is 1.59 bits per heavy atom. The molecule has 1 aromatic rings. The van der Waals surface area contributed by atoms with Crippen molar-refractivity contribution in [3.8, 4) is 0 Å². The number of pyridine rings is 1. The summed E-state index contributed by atoms with van der Waals surface area (Å²) >= 11 is 0. The highest BCUT2D eigenvalue weighted by Gasteiger charge is 2.22. The third kappa shape index (κ3) is 2.55. The van der Waals surface area contributed by atoms with E-state index in [4.69, 9.17) is 0 Å². The quantitative estimate of drug-likeness (QED) is 0.779. The molecule has 1 amide bonds. The first-order valence-electron chi connectivity index (χ1n) is 5.79. The van der Waals surface area contributed by atoms with E-state index in [1.54, 1.807) is 19.3 Å². The predicted molar refractivity (Wildman–Crippen MR) is 66.1 cm³/mol. The van der Waals surface area contributed by atoms with Crippen molar-refractivity contribution in [2.75, 3.05) is 11.9 Å². The van der Waals surface area contributed by atoms with Gasteiger partial charge in [-0.25, -0.2) is 0 Å². The zero-order valence-corrected chi connectivity index (χ0v) is 10.1. The highest BCUT2D eigenvalue weighted by Crippen LogP contribution is 2.09. The Hall–Kier alpha value is -1.62. The van der Waals surface area contributed by atoms with Crippen molar-refractivity contribution in [3.05, 3.63) is 28.2 Å². The van der Waals surface area contributed by atoms with Gasteiger partial charge in [0.25, 0.3) is 5.56 Å². The molecular formula is C12H17N3O2. The molecule has 0 radical (unpaired) electrons. The van der Waals surface area contributed by atoms with Crippen LogP contribution in [0.3, 0.4) is 0 Å². The molecule has 2 rings (SSSR count). The van der Waals surface area contributed by atoms with E-state index in [1.165, 1.54) is 4.57 Å². The highest BCUT2D eigenvalue weighted by atomic mass is 16.2. The summed E-state index contributed by atoms with van der Waals surface area (Å²) in [5.74, 6) is -0.120. The van der Waals surface area contributed by atoms with Crippen LogP contribution in [-0.2, 0) is 11.8 Å². The van der Waals surface area contributed by atoms with Gasteiger partial charge in [0.05, 0.1) is 6.04 Å². The average Bonchev–Trinajstić information content (AvgIpc) is 2.78. The van der Waals surface area contributed by atoms with Crippen molar-refractivity contribution in [2.45, 2.75) is 25.8 Å². The SMILES string of the molecule is Cc1cc(NC(=O)C2CCCN2)c(=O)n(C)c1. The summed E-state index contributed by atoms with van der Waals surface area (Å²) in [6.07, 6.45) is 3.58. The van der Waals surface area contributed by atoms with Gasteiger partial charge in [-0.3, -0.25) is 9.59 Å². The fraction of sp³-hybridized carbons (Fsp3) is 0.500. The number of nitrogens with one attached hydrogen (secondary N) is 2. The average molecular weight is 235 g/mol. The van der Waals surface area contributed by atoms with E-state index in [0.717, 1.165) is 24.9 Å². The monoisotopic (exact) mass is 235 g/mol. The molecule has 1 saturated heterocycles. The second-order valence-electron chi connectivity index (χ2n) is 4.49. The smallest absolute Gasteiger partial charge is 0.274 e. The minimum absolute atomic E-state index is 0.120. The lowest BCUT2D eigenvalue weighted by Gasteiger charge is -2.11. The summed E-state index contributed by atoms with van der Waals surface area (Å²) in [6.45, 7) is 2.76. The standard InChI is InChI=1S/C12H17N3O2/c1-8-6-10(12(17)15(2)7-8)14-11(16)9-4-3-5-13-9/h6-7,9,13H,3-5H2,1-2H3,(H,14,16). The molecule has 92 valence electrons. The van der Waals surface area contributed by atoms with Crippen molar-refractivity contribution < 1.29 is 4.79 Å². The maximum Gasteiger partial charge on any atom is 0.274 e. The summed E-state index contributed by atoms with van der Waals surface area (Å²) < 4.78 is 1.48. The van der Waals surface area contributed by atoms with Crippen LogP contribution in [0.5, 0.6) is 0 Å². The van der Waals surface area contributed by atoms with Crippen LogP contribution in [0.2, 0.25) is 0 Å². The lowest BCUT2D eigenvalue weighted by atomic mass is 10.2. The molecule has 1 unspecified atom stereocenters. The van der Waals surface area contributed by atoms with Crippen molar-refractivity contribution in [2.24, 2.45) is 7.05 Å². The number of amides is 1. The van der Waals surface area contributed by atoms with Crippen LogP contribution in [0.15, 0.2) is 17.1 Å². The summed E-state index contributed by atoms with van der Waals surface area (Å²) in [7, 11) is 1.68. The molecule has 0 bridgehead atoms. The van der Waals surface area contributed by atoms with Crippen LogP contribution in [-0.4, -0.2) is 23.1 Å². The van der Waals surface area contributed by atoms with E-state index >= 15 is 0 Å². The van der Waals surface area contributed by atoms with Crippen LogP contribution < -0.4 is 16.2 Å². The van der Waals surface area contributed by atoms with Crippen LogP contribution >= 0.6 is 0 Å². The molecule has 2 N–H and O–H groups in total. The second kappa shape index (κ2) is 4.71. The molecule has 1 aliphatic rings. The van der Waals surface area contributed by atoms with Crippen molar-refractivity contribution in [3.63, 3.8) is 0 Å². The zero-order chi connectivity index (χ0) is 12.4. The van der Waals surface area contributed by atoms with Crippen LogP contribution in [0.25, 0.3) is 0 Å². The first-order chi connectivity index (χ1) is 8.08. The lowest BCUT2D eigenvalue weighted by Crippen LogP contribution is -2.37. The molecule has 17 heavy (non-hydrogen) atoms. The van der Waals surface area contributed by atoms with Gasteiger partial charge < -0.3 is 15.2 Å². The molecule has 0 spiro atoms. The largest absolute Gasteiger partial charge is 0.320 e. The van der Waals surface area contributed by atoms with Crippen molar-refractivity contribution in [1.29, 1.82) is 0 Å². The van der Waals surface area contributed by atoms with E-state index < -0.39 is 0 Å². The predicted octanol–water partition coefficient (Wildman–Crippen LogP) is 0.384. The number of rotatable bonds is 2. The van der Waals surface area contributed by atoms with Gasteiger partial charge in [-0.2, -0.15) is 0 Å². The van der Waals surface area contributed by atoms with Crippen molar-refractivity contribution in [1.82, 2.24) is 9.88 Å². The lowest BCUT2D eigenvalue weighted by molar-refractivity contribution is -0.117. The first-order valence-corrected chi connectivity index (χ1v) is 5.79. The fourth-order valence-electron chi connectivity index (χ4n) is 2.10. The minimum atomic E-state index is -0.179. The highest BCUT2D eigenvalue weighted by molar-refractivity contribution is 5.94. The molecule has 5 heteroatoms. The Bertz CT molecular complexity index is 487. The number of aryl methyl sites for hydroxylation is 2. The number of hydrogen-bond acceptors (Lipinski definition) is 3. The zero-order valence-electron chi connectivity index (χ0n) is 10.1. The van der Waals surface area contributed by atoms with E-state index in [9.17, 15) is 9.59 Å². The molecule has 5 nitrogen and oxygen atoms in total. The molecule has 1 aliphatic heterocycles. The Labute approximate surface area is 99.8 Å². The van der Waals surface area contributed by atoms with Crippen LogP contribution in [0.1, 0.15) is 18.4 Å². The van der Waals surface area contributed by atoms with Gasteiger partial charge in [0, 0.05) is 13.2 Å². The number of carbonyl (C=O) groups is 1. The summed E-state index contributed by atoms with van der Waals surface area (Å²) in [4.78, 5) is 23.7. The van der Waals surface area contributed by atoms with E-state index in [1.807, 2.05) is 6.92 Å². The number of carbonyl (C=O) groups excluding carboxylic acids is 1. The van der Waals surface area contributed by atoms with Gasteiger partial charge in [-0.1, -0.05) is 0 Å². The van der Waals surface area contributed by atoms with Gasteiger partial charge in [0.1, 0.15) is 5.69 Å². The summed E-state index contributed by atoms with van der Waals surface area (Å²) in [5.41, 5.74) is 1.12. The van der Waals surface area contributed by atoms with E-state index in [-0.39, 0.29) is 17.5 Å². The normalized spacial score (nSPS) is 19.3. The first kappa shape index (κ1) is 11.9. The number of aromatic nitrogens is 1. The molecule has 1 atom stereocenters. The second-order valence-corrected chi connectivity index (χ2v) is 4.49.